The standard InChI is InChI=1S/C23H19Cl2N3O4/c1-31-21-11-16(7-10-20(21)32-14-15-5-3-2-4-6-15)13-26-28-23(30)22(29)27-19-12-17(24)8-9-18(19)25/h2-13H,14H2,1H3,(H,27,29)(H,28,30)/b26-13+. The highest BCUT2D eigenvalue weighted by atomic mass is 35.5. The van der Waals surface area contributed by atoms with Gasteiger partial charge in [0.05, 0.1) is 24.0 Å². The predicted octanol–water partition coefficient (Wildman–Crippen LogP) is 4.67. The third-order valence-electron chi connectivity index (χ3n) is 4.19. The summed E-state index contributed by atoms with van der Waals surface area (Å²) in [6.45, 7) is 0.395. The lowest BCUT2D eigenvalue weighted by Crippen LogP contribution is -2.32. The van der Waals surface area contributed by atoms with Crippen molar-refractivity contribution in [2.24, 2.45) is 5.10 Å². The number of carbonyl (C=O) groups excluding carboxylic acids is 2. The van der Waals surface area contributed by atoms with Crippen molar-refractivity contribution in [3.05, 3.63) is 87.9 Å². The molecule has 0 aliphatic heterocycles. The zero-order valence-electron chi connectivity index (χ0n) is 17.0. The molecule has 2 N–H and O–H groups in total. The van der Waals surface area contributed by atoms with Gasteiger partial charge in [-0.15, -0.1) is 0 Å². The number of nitrogens with zero attached hydrogens (tertiary/aromatic N) is 1. The monoisotopic (exact) mass is 471 g/mol. The van der Waals surface area contributed by atoms with Gasteiger partial charge in [-0.25, -0.2) is 5.43 Å². The first-order chi connectivity index (χ1) is 15.5. The van der Waals surface area contributed by atoms with Gasteiger partial charge in [0.2, 0.25) is 0 Å². The molecule has 9 heteroatoms. The molecule has 0 unspecified atom stereocenters. The second-order valence-corrected chi connectivity index (χ2v) is 7.31. The molecular weight excluding hydrogens is 453 g/mol. The summed E-state index contributed by atoms with van der Waals surface area (Å²) in [5.41, 5.74) is 4.04. The Morgan fingerprint density at radius 2 is 1.75 bits per heavy atom. The Morgan fingerprint density at radius 3 is 2.50 bits per heavy atom. The molecule has 0 aliphatic rings. The second kappa shape index (κ2) is 11.2. The quantitative estimate of drug-likeness (QED) is 0.297. The summed E-state index contributed by atoms with van der Waals surface area (Å²) >= 11 is 11.8. The molecule has 0 saturated carbocycles. The molecule has 0 fully saturated rings. The maximum atomic E-state index is 12.0. The molecule has 0 spiro atoms. The topological polar surface area (TPSA) is 89.0 Å². The summed E-state index contributed by atoms with van der Waals surface area (Å²) in [5.74, 6) is -0.833. The molecule has 3 rings (SSSR count). The fourth-order valence-corrected chi connectivity index (χ4v) is 2.94. The van der Waals surface area contributed by atoms with Gasteiger partial charge in [0, 0.05) is 5.02 Å². The minimum Gasteiger partial charge on any atom is -0.493 e. The zero-order valence-corrected chi connectivity index (χ0v) is 18.5. The lowest BCUT2D eigenvalue weighted by Gasteiger charge is -2.11. The van der Waals surface area contributed by atoms with Crippen LogP contribution in [0.5, 0.6) is 11.5 Å². The molecule has 0 heterocycles. The number of rotatable bonds is 7. The lowest BCUT2D eigenvalue weighted by atomic mass is 10.2. The molecule has 0 saturated heterocycles. The fraction of sp³-hybridized carbons (Fsp3) is 0.0870. The van der Waals surface area contributed by atoms with E-state index in [9.17, 15) is 9.59 Å². The molecule has 0 atom stereocenters. The fourth-order valence-electron chi connectivity index (χ4n) is 2.61. The Bertz CT molecular complexity index is 1140. The highest BCUT2D eigenvalue weighted by Crippen LogP contribution is 2.28. The van der Waals surface area contributed by atoms with Crippen LogP contribution >= 0.6 is 23.2 Å². The maximum Gasteiger partial charge on any atom is 0.329 e. The van der Waals surface area contributed by atoms with Crippen molar-refractivity contribution in [1.82, 2.24) is 5.43 Å². The van der Waals surface area contributed by atoms with E-state index < -0.39 is 11.8 Å². The molecule has 0 aromatic heterocycles. The average molecular weight is 472 g/mol. The van der Waals surface area contributed by atoms with Gasteiger partial charge in [0.25, 0.3) is 0 Å². The van der Waals surface area contributed by atoms with Crippen molar-refractivity contribution in [2.45, 2.75) is 6.61 Å². The number of nitrogens with one attached hydrogen (secondary N) is 2. The van der Waals surface area contributed by atoms with Crippen molar-refractivity contribution in [3.8, 4) is 11.5 Å². The summed E-state index contributed by atoms with van der Waals surface area (Å²) in [6, 6.07) is 19.4. The largest absolute Gasteiger partial charge is 0.493 e. The van der Waals surface area contributed by atoms with E-state index in [1.807, 2.05) is 30.3 Å². The van der Waals surface area contributed by atoms with E-state index in [1.165, 1.54) is 25.5 Å². The van der Waals surface area contributed by atoms with E-state index in [2.05, 4.69) is 15.8 Å². The molecule has 3 aromatic carbocycles. The summed E-state index contributed by atoms with van der Waals surface area (Å²) in [7, 11) is 1.53. The first kappa shape index (κ1) is 23.1. The molecule has 164 valence electrons. The first-order valence-electron chi connectivity index (χ1n) is 9.40. The number of methoxy groups -OCH3 is 1. The minimum absolute atomic E-state index is 0.221. The highest BCUT2D eigenvalue weighted by Gasteiger charge is 2.15. The van der Waals surface area contributed by atoms with Crippen LogP contribution in [0.2, 0.25) is 10.0 Å². The van der Waals surface area contributed by atoms with Gasteiger partial charge in [0.15, 0.2) is 11.5 Å². The molecule has 3 aromatic rings. The number of carbonyl (C=O) groups is 2. The van der Waals surface area contributed by atoms with Crippen LogP contribution in [-0.4, -0.2) is 25.1 Å². The van der Waals surface area contributed by atoms with E-state index in [-0.39, 0.29) is 10.7 Å². The Labute approximate surface area is 194 Å². The summed E-state index contributed by atoms with van der Waals surface area (Å²) in [4.78, 5) is 24.0. The van der Waals surface area contributed by atoms with Gasteiger partial charge in [-0.3, -0.25) is 9.59 Å². The molecule has 0 aliphatic carbocycles. The average Bonchev–Trinajstić information content (AvgIpc) is 2.81. The van der Waals surface area contributed by atoms with Crippen LogP contribution in [0.4, 0.5) is 5.69 Å². The molecule has 0 radical (unpaired) electrons. The van der Waals surface area contributed by atoms with Crippen LogP contribution in [0.25, 0.3) is 0 Å². The third-order valence-corrected chi connectivity index (χ3v) is 4.75. The lowest BCUT2D eigenvalue weighted by molar-refractivity contribution is -0.136. The maximum absolute atomic E-state index is 12.0. The van der Waals surface area contributed by atoms with E-state index >= 15 is 0 Å². The van der Waals surface area contributed by atoms with Crippen LogP contribution in [-0.2, 0) is 16.2 Å². The minimum atomic E-state index is -0.966. The molecule has 2 amide bonds. The summed E-state index contributed by atoms with van der Waals surface area (Å²) in [5, 5.41) is 6.80. The van der Waals surface area contributed by atoms with Gasteiger partial charge in [-0.1, -0.05) is 53.5 Å². The number of amides is 2. The van der Waals surface area contributed by atoms with Gasteiger partial charge in [0.1, 0.15) is 6.61 Å². The van der Waals surface area contributed by atoms with Crippen LogP contribution in [0.15, 0.2) is 71.8 Å². The van der Waals surface area contributed by atoms with Crippen molar-refractivity contribution >= 4 is 46.9 Å². The number of anilines is 1. The van der Waals surface area contributed by atoms with Crippen molar-refractivity contribution in [3.63, 3.8) is 0 Å². The Kier molecular flexibility index (Phi) is 8.08. The molecule has 0 bridgehead atoms. The number of hydrogen-bond acceptors (Lipinski definition) is 5. The summed E-state index contributed by atoms with van der Waals surface area (Å²) in [6.07, 6.45) is 1.38. The molecule has 32 heavy (non-hydrogen) atoms. The van der Waals surface area contributed by atoms with Gasteiger partial charge in [-0.2, -0.15) is 5.10 Å². The number of halogens is 2. The van der Waals surface area contributed by atoms with Crippen LogP contribution in [0, 0.1) is 0 Å². The van der Waals surface area contributed by atoms with Gasteiger partial charge >= 0.3 is 11.8 Å². The highest BCUT2D eigenvalue weighted by molar-refractivity contribution is 6.42. The van der Waals surface area contributed by atoms with Crippen molar-refractivity contribution in [1.29, 1.82) is 0 Å². The van der Waals surface area contributed by atoms with Crippen molar-refractivity contribution < 1.29 is 19.1 Å². The number of ether oxygens (including phenoxy) is 2. The van der Waals surface area contributed by atoms with Crippen LogP contribution < -0.4 is 20.2 Å². The normalized spacial score (nSPS) is 10.6. The molecule has 7 nitrogen and oxygen atoms in total. The van der Waals surface area contributed by atoms with Crippen LogP contribution in [0.1, 0.15) is 11.1 Å². The number of hydrogen-bond donors (Lipinski definition) is 2. The Morgan fingerprint density at radius 1 is 0.969 bits per heavy atom. The van der Waals surface area contributed by atoms with Crippen molar-refractivity contribution in [2.75, 3.05) is 12.4 Å². The van der Waals surface area contributed by atoms with Gasteiger partial charge < -0.3 is 14.8 Å². The third kappa shape index (κ3) is 6.47. The first-order valence-corrected chi connectivity index (χ1v) is 10.2. The van der Waals surface area contributed by atoms with E-state index in [0.717, 1.165) is 5.56 Å². The Balaban J connectivity index is 1.57. The van der Waals surface area contributed by atoms with Gasteiger partial charge in [-0.05, 0) is 47.5 Å². The van der Waals surface area contributed by atoms with E-state index in [0.29, 0.717) is 28.7 Å². The SMILES string of the molecule is COc1cc(/C=N/NC(=O)C(=O)Nc2cc(Cl)ccc2Cl)ccc1OCc1ccccc1. The summed E-state index contributed by atoms with van der Waals surface area (Å²) < 4.78 is 11.2. The Hall–Kier alpha value is -3.55. The predicted molar refractivity (Wildman–Crippen MR) is 125 cm³/mol. The molecular formula is C23H19Cl2N3O4. The van der Waals surface area contributed by atoms with Crippen LogP contribution in [0.3, 0.4) is 0 Å². The second-order valence-electron chi connectivity index (χ2n) is 6.46. The zero-order chi connectivity index (χ0) is 22.9. The smallest absolute Gasteiger partial charge is 0.329 e. The van der Waals surface area contributed by atoms with E-state index in [1.54, 1.807) is 24.3 Å². The van der Waals surface area contributed by atoms with E-state index in [4.69, 9.17) is 32.7 Å². The number of benzene rings is 3. The number of hydrazone groups is 1.